The van der Waals surface area contributed by atoms with E-state index in [0.29, 0.717) is 24.3 Å². The van der Waals surface area contributed by atoms with Crippen LogP contribution in [0.1, 0.15) is 36.0 Å². The maximum Gasteiger partial charge on any atom is 0.256 e. The molecule has 1 aromatic heterocycles. The third-order valence-corrected chi connectivity index (χ3v) is 7.12. The van der Waals surface area contributed by atoms with E-state index < -0.39 is 10.0 Å². The fraction of sp³-hybridized carbons (Fsp3) is 0.273. The predicted molar refractivity (Wildman–Crippen MR) is 113 cm³/mol. The second kappa shape index (κ2) is 8.31. The van der Waals surface area contributed by atoms with Gasteiger partial charge in [0.05, 0.1) is 10.4 Å². The van der Waals surface area contributed by atoms with E-state index in [0.717, 1.165) is 36.6 Å². The van der Waals surface area contributed by atoms with Crippen molar-refractivity contribution in [3.63, 3.8) is 0 Å². The molecule has 0 radical (unpaired) electrons. The molecule has 1 saturated heterocycles. The molecule has 0 atom stereocenters. The maximum absolute atomic E-state index is 12.9. The van der Waals surface area contributed by atoms with E-state index in [9.17, 15) is 13.2 Å². The number of sulfonamides is 1. The molecular formula is C22H23N3O3S. The van der Waals surface area contributed by atoms with Crippen molar-refractivity contribution >= 4 is 32.5 Å². The number of fused-ring (bicyclic) bond motifs is 1. The molecule has 0 bridgehead atoms. The van der Waals surface area contributed by atoms with E-state index in [1.165, 1.54) is 0 Å². The molecule has 6 nitrogen and oxygen atoms in total. The van der Waals surface area contributed by atoms with E-state index in [-0.39, 0.29) is 10.8 Å². The lowest BCUT2D eigenvalue weighted by Gasteiger charge is -2.20. The van der Waals surface area contributed by atoms with Gasteiger partial charge in [-0.15, -0.1) is 0 Å². The Hall–Kier alpha value is -2.77. The molecule has 29 heavy (non-hydrogen) atoms. The number of benzene rings is 2. The van der Waals surface area contributed by atoms with Crippen molar-refractivity contribution in [2.45, 2.75) is 30.6 Å². The number of carbonyl (C=O) groups is 1. The molecule has 7 heteroatoms. The van der Waals surface area contributed by atoms with Crippen LogP contribution in [-0.2, 0) is 10.0 Å². The molecule has 1 N–H and O–H groups in total. The van der Waals surface area contributed by atoms with Gasteiger partial charge in [-0.2, -0.15) is 4.31 Å². The van der Waals surface area contributed by atoms with Gasteiger partial charge in [0.2, 0.25) is 10.0 Å². The minimum absolute atomic E-state index is 0.256. The number of nitrogens with zero attached hydrogens (tertiary/aromatic N) is 2. The van der Waals surface area contributed by atoms with Crippen molar-refractivity contribution in [1.29, 1.82) is 0 Å². The van der Waals surface area contributed by atoms with Gasteiger partial charge < -0.3 is 5.32 Å². The molecule has 1 aliphatic rings. The second-order valence-electron chi connectivity index (χ2n) is 7.17. The van der Waals surface area contributed by atoms with Crippen molar-refractivity contribution in [3.8, 4) is 0 Å². The van der Waals surface area contributed by atoms with Crippen LogP contribution in [0, 0.1) is 0 Å². The van der Waals surface area contributed by atoms with Gasteiger partial charge in [-0.25, -0.2) is 8.42 Å². The molecule has 150 valence electrons. The lowest BCUT2D eigenvalue weighted by molar-refractivity contribution is 0.102. The Morgan fingerprint density at radius 1 is 0.897 bits per heavy atom. The quantitative estimate of drug-likeness (QED) is 0.705. The van der Waals surface area contributed by atoms with E-state index in [1.54, 1.807) is 53.0 Å². The Kier molecular flexibility index (Phi) is 5.60. The molecule has 0 spiro atoms. The Balaban J connectivity index is 1.53. The molecule has 1 amide bonds. The highest BCUT2D eigenvalue weighted by Gasteiger charge is 2.25. The Labute approximate surface area is 170 Å². The van der Waals surface area contributed by atoms with Crippen molar-refractivity contribution in [3.05, 3.63) is 66.4 Å². The number of amides is 1. The lowest BCUT2D eigenvalue weighted by Crippen LogP contribution is -2.31. The zero-order valence-corrected chi connectivity index (χ0v) is 16.9. The van der Waals surface area contributed by atoms with Crippen molar-refractivity contribution in [2.24, 2.45) is 0 Å². The third-order valence-electron chi connectivity index (χ3n) is 5.21. The van der Waals surface area contributed by atoms with Gasteiger partial charge in [-0.3, -0.25) is 9.78 Å². The Morgan fingerprint density at radius 3 is 2.34 bits per heavy atom. The first-order chi connectivity index (χ1) is 14.1. The molecule has 0 aliphatic carbocycles. The van der Waals surface area contributed by atoms with Gasteiger partial charge in [0.15, 0.2) is 0 Å². The topological polar surface area (TPSA) is 79.4 Å². The maximum atomic E-state index is 12.9. The largest absolute Gasteiger partial charge is 0.322 e. The summed E-state index contributed by atoms with van der Waals surface area (Å²) in [7, 11) is -3.50. The Bertz CT molecular complexity index is 1110. The van der Waals surface area contributed by atoms with Crippen LogP contribution in [0.25, 0.3) is 10.9 Å². The highest BCUT2D eigenvalue weighted by atomic mass is 32.2. The molecule has 3 aromatic rings. The van der Waals surface area contributed by atoms with Crippen LogP contribution >= 0.6 is 0 Å². The van der Waals surface area contributed by atoms with E-state index >= 15 is 0 Å². The summed E-state index contributed by atoms with van der Waals surface area (Å²) in [6, 6.07) is 15.4. The van der Waals surface area contributed by atoms with Crippen LogP contribution in [0.5, 0.6) is 0 Å². The smallest absolute Gasteiger partial charge is 0.256 e. The molecule has 4 rings (SSSR count). The first-order valence-electron chi connectivity index (χ1n) is 9.81. The van der Waals surface area contributed by atoms with E-state index in [2.05, 4.69) is 10.3 Å². The number of hydrogen-bond donors (Lipinski definition) is 1. The molecular weight excluding hydrogens is 386 g/mol. The standard InChI is InChI=1S/C22H23N3O3S/c26-22(20-7-5-9-21-19(20)8-6-14-23-21)24-17-10-12-18(13-11-17)29(27,28)25-15-3-1-2-4-16-25/h5-14H,1-4,15-16H2,(H,24,26). The normalized spacial score (nSPS) is 15.7. The summed E-state index contributed by atoms with van der Waals surface area (Å²) in [4.78, 5) is 17.3. The summed E-state index contributed by atoms with van der Waals surface area (Å²) < 4.78 is 27.3. The number of rotatable bonds is 4. The summed E-state index contributed by atoms with van der Waals surface area (Å²) in [6.07, 6.45) is 5.62. The summed E-state index contributed by atoms with van der Waals surface area (Å²) in [6.45, 7) is 1.13. The molecule has 2 aromatic carbocycles. The highest BCUT2D eigenvalue weighted by molar-refractivity contribution is 7.89. The van der Waals surface area contributed by atoms with Crippen LogP contribution in [-0.4, -0.2) is 36.7 Å². The van der Waals surface area contributed by atoms with E-state index in [1.807, 2.05) is 12.1 Å². The number of hydrogen-bond acceptors (Lipinski definition) is 4. The zero-order valence-electron chi connectivity index (χ0n) is 16.0. The minimum Gasteiger partial charge on any atom is -0.322 e. The van der Waals surface area contributed by atoms with Crippen molar-refractivity contribution in [2.75, 3.05) is 18.4 Å². The monoisotopic (exact) mass is 409 g/mol. The Morgan fingerprint density at radius 2 is 1.62 bits per heavy atom. The highest BCUT2D eigenvalue weighted by Crippen LogP contribution is 2.23. The molecule has 1 fully saturated rings. The molecule has 1 aliphatic heterocycles. The summed E-state index contributed by atoms with van der Waals surface area (Å²) >= 11 is 0. The number of carbonyl (C=O) groups excluding carboxylic acids is 1. The lowest BCUT2D eigenvalue weighted by atomic mass is 10.1. The number of nitrogens with one attached hydrogen (secondary N) is 1. The summed E-state index contributed by atoms with van der Waals surface area (Å²) in [5.41, 5.74) is 1.82. The molecule has 2 heterocycles. The van der Waals surface area contributed by atoms with Crippen LogP contribution in [0.15, 0.2) is 65.7 Å². The number of pyridine rings is 1. The van der Waals surface area contributed by atoms with Crippen LogP contribution in [0.3, 0.4) is 0 Å². The van der Waals surface area contributed by atoms with Crippen LogP contribution in [0.4, 0.5) is 5.69 Å². The van der Waals surface area contributed by atoms with Gasteiger partial charge >= 0.3 is 0 Å². The van der Waals surface area contributed by atoms with E-state index in [4.69, 9.17) is 0 Å². The average Bonchev–Trinajstić information content (AvgIpc) is 3.04. The van der Waals surface area contributed by atoms with Crippen molar-refractivity contribution in [1.82, 2.24) is 9.29 Å². The number of anilines is 1. The molecule has 0 unspecified atom stereocenters. The zero-order chi connectivity index (χ0) is 20.3. The minimum atomic E-state index is -3.50. The van der Waals surface area contributed by atoms with Gasteiger partial charge in [0.1, 0.15) is 0 Å². The fourth-order valence-corrected chi connectivity index (χ4v) is 5.16. The molecule has 0 saturated carbocycles. The second-order valence-corrected chi connectivity index (χ2v) is 9.11. The SMILES string of the molecule is O=C(Nc1ccc(S(=O)(=O)N2CCCCCC2)cc1)c1cccc2ncccc12. The predicted octanol–water partition coefficient (Wildman–Crippen LogP) is 4.05. The number of aromatic nitrogens is 1. The first-order valence-corrected chi connectivity index (χ1v) is 11.2. The summed E-state index contributed by atoms with van der Waals surface area (Å²) in [5.74, 6) is -0.258. The van der Waals surface area contributed by atoms with Crippen molar-refractivity contribution < 1.29 is 13.2 Å². The van der Waals surface area contributed by atoms with Gasteiger partial charge in [-0.1, -0.05) is 25.0 Å². The fourth-order valence-electron chi connectivity index (χ4n) is 3.64. The van der Waals surface area contributed by atoms with Crippen LogP contribution < -0.4 is 5.32 Å². The first kappa shape index (κ1) is 19.5. The van der Waals surface area contributed by atoms with Gasteiger partial charge in [0.25, 0.3) is 5.91 Å². The van der Waals surface area contributed by atoms with Gasteiger partial charge in [0, 0.05) is 35.9 Å². The summed E-state index contributed by atoms with van der Waals surface area (Å²) in [5, 5.41) is 3.61. The average molecular weight is 410 g/mol. The third kappa shape index (κ3) is 4.16. The van der Waals surface area contributed by atoms with Gasteiger partial charge in [-0.05, 0) is 55.3 Å². The van der Waals surface area contributed by atoms with Crippen LogP contribution in [0.2, 0.25) is 0 Å².